The molecule has 0 radical (unpaired) electrons. The second-order valence-corrected chi connectivity index (χ2v) is 8.72. The molecular weight excluding hydrogens is 438 g/mol. The molecule has 0 aliphatic carbocycles. The van der Waals surface area contributed by atoms with E-state index in [1.165, 1.54) is 5.56 Å². The maximum atomic E-state index is 6.43. The third-order valence-electron chi connectivity index (χ3n) is 5.78. The van der Waals surface area contributed by atoms with Crippen molar-refractivity contribution in [2.45, 2.75) is 25.6 Å². The number of hydrogen-bond donors (Lipinski definition) is 1. The number of aryl methyl sites for hydroxylation is 1. The lowest BCUT2D eigenvalue weighted by Crippen LogP contribution is -2.29. The minimum atomic E-state index is -0.133. The Bertz CT molecular complexity index is 1240. The summed E-state index contributed by atoms with van der Waals surface area (Å²) >= 11 is 12.0. The predicted molar refractivity (Wildman–Crippen MR) is 131 cm³/mol. The van der Waals surface area contributed by atoms with Gasteiger partial charge in [-0.15, -0.1) is 0 Å². The Hall–Kier alpha value is -3.15. The molecule has 1 aliphatic heterocycles. The highest BCUT2D eigenvalue weighted by Gasteiger charge is 2.41. The van der Waals surface area contributed by atoms with Crippen molar-refractivity contribution in [1.29, 1.82) is 0 Å². The van der Waals surface area contributed by atoms with Gasteiger partial charge < -0.3 is 14.6 Å². The summed E-state index contributed by atoms with van der Waals surface area (Å²) in [4.78, 5) is 6.77. The number of benzene rings is 2. The van der Waals surface area contributed by atoms with E-state index in [1.807, 2.05) is 66.7 Å². The number of pyridine rings is 1. The molecule has 3 heterocycles. The maximum absolute atomic E-state index is 6.43. The number of rotatable bonds is 5. The van der Waals surface area contributed by atoms with Crippen LogP contribution in [0.3, 0.4) is 0 Å². The third-order valence-corrected chi connectivity index (χ3v) is 6.36. The topological polar surface area (TPSA) is 41.3 Å². The minimum Gasteiger partial charge on any atom is -0.459 e. The average Bonchev–Trinajstić information content (AvgIpc) is 3.42. The highest BCUT2D eigenvalue weighted by Crippen LogP contribution is 2.41. The van der Waals surface area contributed by atoms with Crippen molar-refractivity contribution in [3.05, 3.63) is 113 Å². The van der Waals surface area contributed by atoms with Crippen molar-refractivity contribution in [2.24, 2.45) is 0 Å². The molecule has 0 amide bonds. The molecule has 0 saturated carbocycles. The van der Waals surface area contributed by atoms with E-state index in [2.05, 4.69) is 34.3 Å². The normalized spacial score (nSPS) is 18.1. The van der Waals surface area contributed by atoms with Crippen molar-refractivity contribution < 1.29 is 4.42 Å². The van der Waals surface area contributed by atoms with Gasteiger partial charge in [-0.05, 0) is 66.7 Å². The van der Waals surface area contributed by atoms with E-state index in [4.69, 9.17) is 28.2 Å². The average molecular weight is 460 g/mol. The van der Waals surface area contributed by atoms with Crippen molar-refractivity contribution in [3.8, 4) is 11.3 Å². The third kappa shape index (κ3) is 4.01. The largest absolute Gasteiger partial charge is 0.459 e. The Labute approximate surface area is 197 Å². The Balaban J connectivity index is 1.56. The number of nitrogens with zero attached hydrogens (tertiary/aromatic N) is 2. The first kappa shape index (κ1) is 20.7. The second kappa shape index (κ2) is 8.77. The van der Waals surface area contributed by atoms with Gasteiger partial charge in [0, 0.05) is 23.3 Å². The Morgan fingerprint density at radius 3 is 2.62 bits per heavy atom. The second-order valence-electron chi connectivity index (χ2n) is 7.90. The summed E-state index contributed by atoms with van der Waals surface area (Å²) in [6, 6.07) is 25.9. The molecule has 160 valence electrons. The summed E-state index contributed by atoms with van der Waals surface area (Å²) in [5.74, 6) is 1.62. The SMILES string of the molecule is Cc1ccc(Cl)cc1-c1ccc([C@@H]2[C@H](c3ccccn3)NC(=S)N2Cc2ccccc2)o1. The fourth-order valence-electron chi connectivity index (χ4n) is 4.18. The van der Waals surface area contributed by atoms with E-state index in [9.17, 15) is 0 Å². The van der Waals surface area contributed by atoms with Gasteiger partial charge in [0.1, 0.15) is 17.6 Å². The zero-order chi connectivity index (χ0) is 22.1. The van der Waals surface area contributed by atoms with Gasteiger partial charge in [0.05, 0.1) is 11.7 Å². The molecule has 2 atom stereocenters. The summed E-state index contributed by atoms with van der Waals surface area (Å²) in [7, 11) is 0. The van der Waals surface area contributed by atoms with Crippen LogP contribution in [0.25, 0.3) is 11.3 Å². The van der Waals surface area contributed by atoms with Crippen LogP contribution in [0.15, 0.2) is 89.5 Å². The number of nitrogens with one attached hydrogen (secondary N) is 1. The molecule has 0 unspecified atom stereocenters. The van der Waals surface area contributed by atoms with E-state index >= 15 is 0 Å². The first-order valence-corrected chi connectivity index (χ1v) is 11.3. The van der Waals surface area contributed by atoms with Crippen LogP contribution in [0.1, 0.15) is 34.7 Å². The monoisotopic (exact) mass is 459 g/mol. The zero-order valence-electron chi connectivity index (χ0n) is 17.5. The number of thiocarbonyl (C=S) groups is 1. The number of hydrogen-bond acceptors (Lipinski definition) is 3. The lowest BCUT2D eigenvalue weighted by molar-refractivity contribution is 0.269. The van der Waals surface area contributed by atoms with Crippen LogP contribution in [-0.4, -0.2) is 15.0 Å². The van der Waals surface area contributed by atoms with Crippen LogP contribution in [0.5, 0.6) is 0 Å². The van der Waals surface area contributed by atoms with Gasteiger partial charge in [-0.2, -0.15) is 0 Å². The van der Waals surface area contributed by atoms with Gasteiger partial charge in [0.15, 0.2) is 5.11 Å². The summed E-state index contributed by atoms with van der Waals surface area (Å²) < 4.78 is 6.43. The molecule has 2 aromatic heterocycles. The van der Waals surface area contributed by atoms with E-state index in [0.717, 1.165) is 28.3 Å². The lowest BCUT2D eigenvalue weighted by atomic mass is 10.0. The zero-order valence-corrected chi connectivity index (χ0v) is 19.1. The standard InChI is InChI=1S/C26H22ClN3OS/c1-17-10-11-19(27)15-20(17)22-12-13-23(31-22)25-24(21-9-5-6-14-28-21)29-26(32)30(25)16-18-7-3-2-4-8-18/h2-15,24-25H,16H2,1H3,(H,29,32)/t24-,25+/m0/s1. The van der Waals surface area contributed by atoms with Gasteiger partial charge in [0.25, 0.3) is 0 Å². The van der Waals surface area contributed by atoms with Gasteiger partial charge >= 0.3 is 0 Å². The van der Waals surface area contributed by atoms with Crippen LogP contribution in [0, 0.1) is 6.92 Å². The minimum absolute atomic E-state index is 0.119. The van der Waals surface area contributed by atoms with E-state index in [0.29, 0.717) is 16.7 Å². The van der Waals surface area contributed by atoms with E-state index in [-0.39, 0.29) is 12.1 Å². The number of halogens is 1. The maximum Gasteiger partial charge on any atom is 0.170 e. The van der Waals surface area contributed by atoms with Crippen LogP contribution >= 0.6 is 23.8 Å². The molecule has 1 fully saturated rings. The smallest absolute Gasteiger partial charge is 0.170 e. The van der Waals surface area contributed by atoms with E-state index in [1.54, 1.807) is 6.20 Å². The van der Waals surface area contributed by atoms with Gasteiger partial charge in [-0.1, -0.05) is 54.1 Å². The molecule has 0 spiro atoms. The fourth-order valence-corrected chi connectivity index (χ4v) is 4.66. The van der Waals surface area contributed by atoms with Crippen molar-refractivity contribution in [2.75, 3.05) is 0 Å². The van der Waals surface area contributed by atoms with Gasteiger partial charge in [-0.25, -0.2) is 0 Å². The Morgan fingerprint density at radius 1 is 1.03 bits per heavy atom. The van der Waals surface area contributed by atoms with Crippen LogP contribution in [0.4, 0.5) is 0 Å². The molecule has 2 aromatic carbocycles. The van der Waals surface area contributed by atoms with E-state index < -0.39 is 0 Å². The predicted octanol–water partition coefficient (Wildman–Crippen LogP) is 6.48. The molecular formula is C26H22ClN3OS. The highest BCUT2D eigenvalue weighted by atomic mass is 35.5. The van der Waals surface area contributed by atoms with Crippen molar-refractivity contribution in [1.82, 2.24) is 15.2 Å². The molecule has 4 aromatic rings. The highest BCUT2D eigenvalue weighted by molar-refractivity contribution is 7.80. The Morgan fingerprint density at radius 2 is 1.84 bits per heavy atom. The molecule has 32 heavy (non-hydrogen) atoms. The summed E-state index contributed by atoms with van der Waals surface area (Å²) in [5.41, 5.74) is 4.20. The lowest BCUT2D eigenvalue weighted by Gasteiger charge is -2.26. The summed E-state index contributed by atoms with van der Waals surface area (Å²) in [6.45, 7) is 2.73. The van der Waals surface area contributed by atoms with Gasteiger partial charge in [-0.3, -0.25) is 4.98 Å². The summed E-state index contributed by atoms with van der Waals surface area (Å²) in [6.07, 6.45) is 1.81. The van der Waals surface area contributed by atoms with Crippen LogP contribution < -0.4 is 5.32 Å². The molecule has 1 N–H and O–H groups in total. The Kier molecular flexibility index (Phi) is 5.68. The van der Waals surface area contributed by atoms with Crippen molar-refractivity contribution in [3.63, 3.8) is 0 Å². The molecule has 5 rings (SSSR count). The van der Waals surface area contributed by atoms with Crippen LogP contribution in [0.2, 0.25) is 5.02 Å². The molecule has 4 nitrogen and oxygen atoms in total. The first-order chi connectivity index (χ1) is 15.6. The fraction of sp³-hybridized carbons (Fsp3) is 0.154. The summed E-state index contributed by atoms with van der Waals surface area (Å²) in [5, 5.41) is 4.84. The first-order valence-electron chi connectivity index (χ1n) is 10.5. The molecule has 1 aliphatic rings. The molecule has 1 saturated heterocycles. The van der Waals surface area contributed by atoms with Crippen LogP contribution in [-0.2, 0) is 6.54 Å². The van der Waals surface area contributed by atoms with Gasteiger partial charge in [0.2, 0.25) is 0 Å². The quantitative estimate of drug-likeness (QED) is 0.346. The number of furan rings is 1. The van der Waals surface area contributed by atoms with Crippen molar-refractivity contribution >= 4 is 28.9 Å². The molecule has 6 heteroatoms. The molecule has 0 bridgehead atoms. The number of aromatic nitrogens is 1.